The van der Waals surface area contributed by atoms with E-state index in [1.807, 2.05) is 37.4 Å². The van der Waals surface area contributed by atoms with Crippen molar-refractivity contribution in [2.75, 3.05) is 36.5 Å². The third-order valence-corrected chi connectivity index (χ3v) is 6.29. The fraction of sp³-hybridized carbons (Fsp3) is 0.240. The number of hydrogen-bond donors (Lipinski definition) is 1. The second-order valence-corrected chi connectivity index (χ2v) is 8.60. The average Bonchev–Trinajstić information content (AvgIpc) is 2.83. The zero-order valence-electron chi connectivity index (χ0n) is 18.1. The van der Waals surface area contributed by atoms with Crippen molar-refractivity contribution in [3.8, 4) is 0 Å². The van der Waals surface area contributed by atoms with Gasteiger partial charge in [0.1, 0.15) is 10.9 Å². The summed E-state index contributed by atoms with van der Waals surface area (Å²) < 4.78 is 5.43. The lowest BCUT2D eigenvalue weighted by molar-refractivity contribution is -0.111. The molecule has 1 aliphatic heterocycles. The van der Waals surface area contributed by atoms with Crippen molar-refractivity contribution in [1.82, 2.24) is 9.97 Å². The molecule has 4 rings (SSSR count). The molecule has 0 unspecified atom stereocenters. The Morgan fingerprint density at radius 3 is 2.56 bits per heavy atom. The van der Waals surface area contributed by atoms with Gasteiger partial charge in [0, 0.05) is 42.0 Å². The first-order valence-corrected chi connectivity index (χ1v) is 11.4. The molecule has 32 heavy (non-hydrogen) atoms. The Morgan fingerprint density at radius 1 is 1.16 bits per heavy atom. The first-order chi connectivity index (χ1) is 15.6. The van der Waals surface area contributed by atoms with Gasteiger partial charge in [-0.15, -0.1) is 0 Å². The van der Waals surface area contributed by atoms with Crippen molar-refractivity contribution in [2.24, 2.45) is 0 Å². The van der Waals surface area contributed by atoms with Gasteiger partial charge in [0.05, 0.1) is 13.2 Å². The van der Waals surface area contributed by atoms with E-state index >= 15 is 0 Å². The summed E-state index contributed by atoms with van der Waals surface area (Å²) in [5.41, 5.74) is 4.18. The smallest absolute Gasteiger partial charge is 0.247 e. The van der Waals surface area contributed by atoms with Crippen molar-refractivity contribution in [3.63, 3.8) is 0 Å². The van der Waals surface area contributed by atoms with Gasteiger partial charge in [0.25, 0.3) is 0 Å². The first kappa shape index (κ1) is 22.0. The Bertz CT molecular complexity index is 1080. The molecule has 1 aliphatic rings. The van der Waals surface area contributed by atoms with Gasteiger partial charge in [-0.1, -0.05) is 30.5 Å². The Kier molecular flexibility index (Phi) is 7.19. The molecule has 6 nitrogen and oxygen atoms in total. The molecule has 3 aromatic rings. The van der Waals surface area contributed by atoms with Crippen LogP contribution >= 0.6 is 11.8 Å². The minimum absolute atomic E-state index is 0.223. The predicted octanol–water partition coefficient (Wildman–Crippen LogP) is 4.49. The average molecular weight is 447 g/mol. The molecular weight excluding hydrogens is 420 g/mol. The normalized spacial score (nSPS) is 13.6. The minimum atomic E-state index is -0.223. The van der Waals surface area contributed by atoms with Crippen LogP contribution in [0.2, 0.25) is 0 Å². The molecular formula is C25H26N4O2S. The Balaban J connectivity index is 1.42. The van der Waals surface area contributed by atoms with Gasteiger partial charge in [-0.05, 0) is 60.5 Å². The van der Waals surface area contributed by atoms with E-state index in [4.69, 9.17) is 9.72 Å². The molecule has 1 amide bonds. The van der Waals surface area contributed by atoms with Crippen LogP contribution in [0.15, 0.2) is 77.3 Å². The summed E-state index contributed by atoms with van der Waals surface area (Å²) in [6.07, 6.45) is 3.82. The predicted molar refractivity (Wildman–Crippen MR) is 128 cm³/mol. The van der Waals surface area contributed by atoms with Gasteiger partial charge in [0.2, 0.25) is 5.91 Å². The van der Waals surface area contributed by atoms with Crippen LogP contribution in [0, 0.1) is 6.92 Å². The number of nitrogens with one attached hydrogen (secondary N) is 1. The summed E-state index contributed by atoms with van der Waals surface area (Å²) in [4.78, 5) is 24.2. The van der Waals surface area contributed by atoms with Crippen LogP contribution in [-0.4, -0.2) is 42.2 Å². The largest absolute Gasteiger partial charge is 0.378 e. The molecule has 1 N–H and O–H groups in total. The molecule has 0 aliphatic carbocycles. The number of benzene rings is 2. The number of anilines is 2. The Morgan fingerprint density at radius 2 is 1.88 bits per heavy atom. The lowest BCUT2D eigenvalue weighted by Crippen LogP contribution is -2.36. The maximum Gasteiger partial charge on any atom is 0.247 e. The number of aryl methyl sites for hydroxylation is 1. The van der Waals surface area contributed by atoms with Gasteiger partial charge in [-0.2, -0.15) is 0 Å². The van der Waals surface area contributed by atoms with Crippen molar-refractivity contribution in [2.45, 2.75) is 23.3 Å². The third-order valence-electron chi connectivity index (χ3n) is 5.17. The topological polar surface area (TPSA) is 67.4 Å². The number of rotatable bonds is 7. The molecule has 2 aromatic carbocycles. The highest BCUT2D eigenvalue weighted by atomic mass is 32.2. The van der Waals surface area contributed by atoms with E-state index < -0.39 is 0 Å². The highest BCUT2D eigenvalue weighted by molar-refractivity contribution is 7.99. The van der Waals surface area contributed by atoms with Gasteiger partial charge >= 0.3 is 0 Å². The van der Waals surface area contributed by atoms with Gasteiger partial charge < -0.3 is 15.0 Å². The number of aromatic nitrogens is 2. The third kappa shape index (κ3) is 5.75. The summed E-state index contributed by atoms with van der Waals surface area (Å²) in [5, 5.41) is 3.69. The number of nitrogens with zero attached hydrogens (tertiary/aromatic N) is 3. The summed E-state index contributed by atoms with van der Waals surface area (Å²) >= 11 is 1.59. The standard InChI is InChI=1S/C25H26N4O2S/c1-3-24(30)27-20-6-10-22(11-7-20)32-25-18(2)17-26-23(28-25)16-19-4-8-21(9-5-19)29-12-14-31-15-13-29/h3-11,17H,1,12-16H2,2H3,(H,27,30). The van der Waals surface area contributed by atoms with Crippen LogP contribution in [0.4, 0.5) is 11.4 Å². The maximum absolute atomic E-state index is 11.4. The highest BCUT2D eigenvalue weighted by Crippen LogP contribution is 2.29. The van der Waals surface area contributed by atoms with Crippen LogP contribution < -0.4 is 10.2 Å². The second-order valence-electron chi connectivity index (χ2n) is 7.54. The molecule has 2 heterocycles. The van der Waals surface area contributed by atoms with Crippen molar-refractivity contribution < 1.29 is 9.53 Å². The zero-order chi connectivity index (χ0) is 22.3. The molecule has 0 atom stereocenters. The molecule has 0 radical (unpaired) electrons. The molecule has 1 aromatic heterocycles. The van der Waals surface area contributed by atoms with Gasteiger partial charge in [-0.25, -0.2) is 9.97 Å². The molecule has 164 valence electrons. The molecule has 7 heteroatoms. The first-order valence-electron chi connectivity index (χ1n) is 10.6. The minimum Gasteiger partial charge on any atom is -0.378 e. The highest BCUT2D eigenvalue weighted by Gasteiger charge is 2.12. The van der Waals surface area contributed by atoms with E-state index in [9.17, 15) is 4.79 Å². The fourth-order valence-corrected chi connectivity index (χ4v) is 4.25. The molecule has 0 bridgehead atoms. The van der Waals surface area contributed by atoms with E-state index in [1.54, 1.807) is 11.8 Å². The van der Waals surface area contributed by atoms with E-state index in [2.05, 4.69) is 46.0 Å². The fourth-order valence-electron chi connectivity index (χ4n) is 3.39. The maximum atomic E-state index is 11.4. The van der Waals surface area contributed by atoms with Crippen LogP contribution in [0.1, 0.15) is 17.0 Å². The summed E-state index contributed by atoms with van der Waals surface area (Å²) in [6.45, 7) is 8.92. The van der Waals surface area contributed by atoms with Gasteiger partial charge in [-0.3, -0.25) is 4.79 Å². The number of morpholine rings is 1. The van der Waals surface area contributed by atoms with Gasteiger partial charge in [0.15, 0.2) is 0 Å². The SMILES string of the molecule is C=CC(=O)Nc1ccc(Sc2nc(Cc3ccc(N4CCOCC4)cc3)ncc2C)cc1. The summed E-state index contributed by atoms with van der Waals surface area (Å²) in [5.74, 6) is 0.576. The lowest BCUT2D eigenvalue weighted by atomic mass is 10.1. The number of ether oxygens (including phenoxy) is 1. The quantitative estimate of drug-likeness (QED) is 0.426. The summed E-state index contributed by atoms with van der Waals surface area (Å²) in [7, 11) is 0. The van der Waals surface area contributed by atoms with E-state index in [0.29, 0.717) is 6.42 Å². The number of carbonyl (C=O) groups is 1. The van der Waals surface area contributed by atoms with Crippen molar-refractivity contribution >= 4 is 29.0 Å². The monoisotopic (exact) mass is 446 g/mol. The molecule has 1 saturated heterocycles. The second kappa shape index (κ2) is 10.4. The number of hydrogen-bond acceptors (Lipinski definition) is 6. The van der Waals surface area contributed by atoms with Crippen LogP contribution in [0.5, 0.6) is 0 Å². The Hall–Kier alpha value is -3.16. The molecule has 0 saturated carbocycles. The lowest BCUT2D eigenvalue weighted by Gasteiger charge is -2.28. The number of amides is 1. The van der Waals surface area contributed by atoms with Crippen LogP contribution in [0.25, 0.3) is 0 Å². The zero-order valence-corrected chi connectivity index (χ0v) is 18.9. The molecule has 0 spiro atoms. The number of carbonyl (C=O) groups excluding carboxylic acids is 1. The van der Waals surface area contributed by atoms with Crippen LogP contribution in [0.3, 0.4) is 0 Å². The van der Waals surface area contributed by atoms with E-state index in [1.165, 1.54) is 17.3 Å². The molecule has 1 fully saturated rings. The van der Waals surface area contributed by atoms with E-state index in [0.717, 1.165) is 53.3 Å². The van der Waals surface area contributed by atoms with Crippen molar-refractivity contribution in [1.29, 1.82) is 0 Å². The van der Waals surface area contributed by atoms with Crippen molar-refractivity contribution in [3.05, 3.63) is 84.3 Å². The Labute approximate surface area is 192 Å². The summed E-state index contributed by atoms with van der Waals surface area (Å²) in [6, 6.07) is 16.3. The van der Waals surface area contributed by atoms with E-state index in [-0.39, 0.29) is 5.91 Å². The van der Waals surface area contributed by atoms with Crippen LogP contribution in [-0.2, 0) is 16.0 Å².